The van der Waals surface area contributed by atoms with Gasteiger partial charge in [0.25, 0.3) is 0 Å². The standard InChI is InChI=1S/C9H15ClN2O2/c1-2-13-7-5-8-11-9(14-12-8)4-3-6-10/h2-7H2,1H3. The van der Waals surface area contributed by atoms with E-state index in [0.29, 0.717) is 30.6 Å². The fraction of sp³-hybridized carbons (Fsp3) is 0.778. The molecule has 0 radical (unpaired) electrons. The summed E-state index contributed by atoms with van der Waals surface area (Å²) < 4.78 is 10.2. The Labute approximate surface area is 88.6 Å². The summed E-state index contributed by atoms with van der Waals surface area (Å²) in [4.78, 5) is 4.20. The Kier molecular flexibility index (Phi) is 5.56. The Bertz CT molecular complexity index is 253. The van der Waals surface area contributed by atoms with Crippen molar-refractivity contribution in [2.24, 2.45) is 0 Å². The summed E-state index contributed by atoms with van der Waals surface area (Å²) in [5.41, 5.74) is 0. The number of aromatic nitrogens is 2. The van der Waals surface area contributed by atoms with E-state index in [9.17, 15) is 0 Å². The molecule has 0 aliphatic rings. The molecule has 1 heterocycles. The van der Waals surface area contributed by atoms with Crippen LogP contribution in [0, 0.1) is 0 Å². The van der Waals surface area contributed by atoms with E-state index >= 15 is 0 Å². The van der Waals surface area contributed by atoms with Crippen molar-refractivity contribution in [1.29, 1.82) is 0 Å². The van der Waals surface area contributed by atoms with Crippen LogP contribution in [-0.4, -0.2) is 29.2 Å². The number of ether oxygens (including phenoxy) is 1. The lowest BCUT2D eigenvalue weighted by Gasteiger charge is -1.94. The topological polar surface area (TPSA) is 48.2 Å². The van der Waals surface area contributed by atoms with Crippen LogP contribution in [0.4, 0.5) is 0 Å². The lowest BCUT2D eigenvalue weighted by atomic mass is 10.3. The van der Waals surface area contributed by atoms with Gasteiger partial charge in [-0.1, -0.05) is 5.16 Å². The summed E-state index contributed by atoms with van der Waals surface area (Å²) in [5.74, 6) is 2.00. The molecular weight excluding hydrogens is 204 g/mol. The summed E-state index contributed by atoms with van der Waals surface area (Å²) in [6.45, 7) is 3.32. The van der Waals surface area contributed by atoms with Crippen molar-refractivity contribution in [1.82, 2.24) is 10.1 Å². The van der Waals surface area contributed by atoms with E-state index in [1.807, 2.05) is 6.92 Å². The minimum absolute atomic E-state index is 0.622. The second kappa shape index (κ2) is 6.79. The van der Waals surface area contributed by atoms with Crippen LogP contribution in [0.25, 0.3) is 0 Å². The van der Waals surface area contributed by atoms with Crippen LogP contribution in [0.2, 0.25) is 0 Å². The minimum Gasteiger partial charge on any atom is -0.381 e. The predicted octanol–water partition coefficient (Wildman–Crippen LogP) is 1.82. The summed E-state index contributed by atoms with van der Waals surface area (Å²) in [7, 11) is 0. The van der Waals surface area contributed by atoms with Crippen LogP contribution in [-0.2, 0) is 17.6 Å². The Balaban J connectivity index is 2.27. The van der Waals surface area contributed by atoms with Crippen molar-refractivity contribution in [3.05, 3.63) is 11.7 Å². The van der Waals surface area contributed by atoms with Gasteiger partial charge in [-0.2, -0.15) is 4.98 Å². The second-order valence-electron chi connectivity index (χ2n) is 2.84. The Morgan fingerprint density at radius 1 is 1.43 bits per heavy atom. The van der Waals surface area contributed by atoms with Crippen molar-refractivity contribution < 1.29 is 9.26 Å². The normalized spacial score (nSPS) is 10.7. The van der Waals surface area contributed by atoms with E-state index in [0.717, 1.165) is 19.4 Å². The van der Waals surface area contributed by atoms with E-state index in [1.54, 1.807) is 0 Å². The van der Waals surface area contributed by atoms with E-state index in [4.69, 9.17) is 20.9 Å². The highest BCUT2D eigenvalue weighted by molar-refractivity contribution is 6.17. The maximum atomic E-state index is 5.55. The fourth-order valence-electron chi connectivity index (χ4n) is 1.02. The third-order valence-corrected chi connectivity index (χ3v) is 1.98. The van der Waals surface area contributed by atoms with E-state index in [-0.39, 0.29) is 0 Å². The van der Waals surface area contributed by atoms with E-state index < -0.39 is 0 Å². The maximum absolute atomic E-state index is 5.55. The van der Waals surface area contributed by atoms with Crippen molar-refractivity contribution in [2.45, 2.75) is 26.2 Å². The molecule has 0 bridgehead atoms. The predicted molar refractivity (Wildman–Crippen MR) is 53.5 cm³/mol. The van der Waals surface area contributed by atoms with Gasteiger partial charge in [0.2, 0.25) is 5.89 Å². The molecule has 1 rings (SSSR count). The molecule has 0 amide bonds. The zero-order chi connectivity index (χ0) is 10.2. The summed E-state index contributed by atoms with van der Waals surface area (Å²) in [5, 5.41) is 3.83. The van der Waals surface area contributed by atoms with Gasteiger partial charge in [0.1, 0.15) is 0 Å². The molecule has 0 aromatic carbocycles. The fourth-order valence-corrected chi connectivity index (χ4v) is 1.15. The van der Waals surface area contributed by atoms with E-state index in [1.165, 1.54) is 0 Å². The molecule has 5 heteroatoms. The lowest BCUT2D eigenvalue weighted by Crippen LogP contribution is -1.99. The van der Waals surface area contributed by atoms with Gasteiger partial charge < -0.3 is 9.26 Å². The first-order valence-electron chi connectivity index (χ1n) is 4.82. The molecule has 0 aliphatic heterocycles. The third-order valence-electron chi connectivity index (χ3n) is 1.71. The number of nitrogens with zero attached hydrogens (tertiary/aromatic N) is 2. The molecular formula is C9H15ClN2O2. The maximum Gasteiger partial charge on any atom is 0.226 e. The molecule has 0 aliphatic carbocycles. The number of aryl methyl sites for hydroxylation is 1. The highest BCUT2D eigenvalue weighted by Gasteiger charge is 2.04. The highest BCUT2D eigenvalue weighted by Crippen LogP contribution is 2.02. The van der Waals surface area contributed by atoms with Crippen molar-refractivity contribution in [2.75, 3.05) is 19.1 Å². The van der Waals surface area contributed by atoms with Crippen molar-refractivity contribution in [3.8, 4) is 0 Å². The first-order valence-corrected chi connectivity index (χ1v) is 5.35. The van der Waals surface area contributed by atoms with Crippen LogP contribution in [0.3, 0.4) is 0 Å². The zero-order valence-electron chi connectivity index (χ0n) is 8.33. The molecule has 14 heavy (non-hydrogen) atoms. The van der Waals surface area contributed by atoms with Crippen LogP contribution < -0.4 is 0 Å². The molecule has 0 unspecified atom stereocenters. The second-order valence-corrected chi connectivity index (χ2v) is 3.22. The largest absolute Gasteiger partial charge is 0.381 e. The molecule has 0 spiro atoms. The monoisotopic (exact) mass is 218 g/mol. The zero-order valence-corrected chi connectivity index (χ0v) is 9.09. The molecule has 0 saturated heterocycles. The number of hydrogen-bond donors (Lipinski definition) is 0. The number of rotatable bonds is 7. The third kappa shape index (κ3) is 4.07. The number of hydrogen-bond acceptors (Lipinski definition) is 4. The number of alkyl halides is 1. The quantitative estimate of drug-likeness (QED) is 0.518. The molecule has 0 atom stereocenters. The lowest BCUT2D eigenvalue weighted by molar-refractivity contribution is 0.149. The molecule has 80 valence electrons. The van der Waals surface area contributed by atoms with Gasteiger partial charge in [0, 0.05) is 25.3 Å². The van der Waals surface area contributed by atoms with E-state index in [2.05, 4.69) is 10.1 Å². The summed E-state index contributed by atoms with van der Waals surface area (Å²) >= 11 is 5.55. The average Bonchev–Trinajstić information content (AvgIpc) is 2.63. The van der Waals surface area contributed by atoms with Crippen LogP contribution in [0.1, 0.15) is 25.1 Å². The molecule has 0 saturated carbocycles. The van der Waals surface area contributed by atoms with Crippen molar-refractivity contribution >= 4 is 11.6 Å². The van der Waals surface area contributed by atoms with Gasteiger partial charge in [0.05, 0.1) is 6.61 Å². The van der Waals surface area contributed by atoms with Gasteiger partial charge in [-0.3, -0.25) is 0 Å². The first-order chi connectivity index (χ1) is 6.86. The molecule has 0 N–H and O–H groups in total. The van der Waals surface area contributed by atoms with Gasteiger partial charge in [-0.15, -0.1) is 11.6 Å². The SMILES string of the molecule is CCOCCc1noc(CCCCl)n1. The van der Waals surface area contributed by atoms with Gasteiger partial charge in [-0.05, 0) is 13.3 Å². The van der Waals surface area contributed by atoms with Crippen molar-refractivity contribution in [3.63, 3.8) is 0 Å². The Morgan fingerprint density at radius 2 is 2.29 bits per heavy atom. The minimum atomic E-state index is 0.622. The Hall–Kier alpha value is -0.610. The van der Waals surface area contributed by atoms with Crippen LogP contribution in [0.15, 0.2) is 4.52 Å². The first kappa shape index (κ1) is 11.5. The van der Waals surface area contributed by atoms with Crippen LogP contribution >= 0.6 is 11.6 Å². The average molecular weight is 219 g/mol. The highest BCUT2D eigenvalue weighted by atomic mass is 35.5. The summed E-state index contributed by atoms with van der Waals surface area (Å²) in [6, 6.07) is 0. The summed E-state index contributed by atoms with van der Waals surface area (Å²) in [6.07, 6.45) is 2.33. The molecule has 1 aromatic rings. The van der Waals surface area contributed by atoms with Crippen LogP contribution in [0.5, 0.6) is 0 Å². The number of halogens is 1. The molecule has 1 aromatic heterocycles. The van der Waals surface area contributed by atoms with Gasteiger partial charge in [-0.25, -0.2) is 0 Å². The van der Waals surface area contributed by atoms with Gasteiger partial charge >= 0.3 is 0 Å². The molecule has 0 fully saturated rings. The molecule has 4 nitrogen and oxygen atoms in total. The smallest absolute Gasteiger partial charge is 0.226 e. The van der Waals surface area contributed by atoms with Gasteiger partial charge in [0.15, 0.2) is 5.82 Å². The Morgan fingerprint density at radius 3 is 3.00 bits per heavy atom.